The topological polar surface area (TPSA) is 66.5 Å². The van der Waals surface area contributed by atoms with E-state index in [1.54, 1.807) is 0 Å². The van der Waals surface area contributed by atoms with Crippen LogP contribution >= 0.6 is 0 Å². The monoisotopic (exact) mass is 326 g/mol. The molecule has 0 aliphatic rings. The lowest BCUT2D eigenvalue weighted by molar-refractivity contribution is -0.122. The average molecular weight is 326 g/mol. The molecule has 0 unspecified atom stereocenters. The highest BCUT2D eigenvalue weighted by molar-refractivity contribution is 7.92. The molecule has 0 aliphatic heterocycles. The number of anilines is 1. The predicted molar refractivity (Wildman–Crippen MR) is 90.6 cm³/mol. The van der Waals surface area contributed by atoms with Gasteiger partial charge in [0.25, 0.3) is 0 Å². The summed E-state index contributed by atoms with van der Waals surface area (Å²) in [6, 6.07) is 5.61. The first-order valence-electron chi connectivity index (χ1n) is 7.25. The summed E-state index contributed by atoms with van der Waals surface area (Å²) >= 11 is 0. The second-order valence-electron chi connectivity index (χ2n) is 6.73. The molecule has 0 fully saturated rings. The molecule has 0 heterocycles. The normalized spacial score (nSPS) is 12.1. The number of hydrogen-bond donors (Lipinski definition) is 1. The van der Waals surface area contributed by atoms with Crippen LogP contribution < -0.4 is 9.62 Å². The van der Waals surface area contributed by atoms with Crippen LogP contribution in [0.25, 0.3) is 0 Å². The van der Waals surface area contributed by atoms with Crippen LogP contribution in [0.5, 0.6) is 0 Å². The van der Waals surface area contributed by atoms with Gasteiger partial charge in [-0.1, -0.05) is 6.07 Å². The zero-order valence-electron chi connectivity index (χ0n) is 14.2. The number of aryl methyl sites for hydroxylation is 2. The molecule has 1 rings (SSSR count). The summed E-state index contributed by atoms with van der Waals surface area (Å²) in [5.74, 6) is -0.162. The van der Waals surface area contributed by atoms with Crippen molar-refractivity contribution in [1.29, 1.82) is 0 Å². The third kappa shape index (κ3) is 6.05. The zero-order valence-corrected chi connectivity index (χ0v) is 15.0. The minimum atomic E-state index is -3.44. The van der Waals surface area contributed by atoms with Crippen molar-refractivity contribution in [3.63, 3.8) is 0 Å². The molecule has 22 heavy (non-hydrogen) atoms. The van der Waals surface area contributed by atoms with Crippen LogP contribution in [0.1, 0.15) is 38.3 Å². The standard InChI is InChI=1S/C16H26N2O3S/c1-12-9-13(2)11-14(10-12)18(22(6,20)21)8-7-15(19)17-16(3,4)5/h9-11H,7-8H2,1-6H3,(H,17,19). The van der Waals surface area contributed by atoms with Crippen LogP contribution in [0.2, 0.25) is 0 Å². The largest absolute Gasteiger partial charge is 0.351 e. The summed E-state index contributed by atoms with van der Waals surface area (Å²) in [5.41, 5.74) is 2.25. The van der Waals surface area contributed by atoms with Crippen LogP contribution in [-0.2, 0) is 14.8 Å². The number of carbonyl (C=O) groups is 1. The van der Waals surface area contributed by atoms with Gasteiger partial charge in [-0.25, -0.2) is 8.42 Å². The first-order valence-corrected chi connectivity index (χ1v) is 9.10. The molecular weight excluding hydrogens is 300 g/mol. The maximum Gasteiger partial charge on any atom is 0.232 e. The second kappa shape index (κ2) is 6.69. The Bertz CT molecular complexity index is 626. The third-order valence-corrected chi connectivity index (χ3v) is 4.15. The van der Waals surface area contributed by atoms with E-state index >= 15 is 0 Å². The van der Waals surface area contributed by atoms with E-state index in [0.29, 0.717) is 5.69 Å². The maximum absolute atomic E-state index is 12.0. The molecule has 0 aliphatic carbocycles. The molecule has 1 aromatic carbocycles. The van der Waals surface area contributed by atoms with Gasteiger partial charge >= 0.3 is 0 Å². The van der Waals surface area contributed by atoms with Crippen molar-refractivity contribution in [1.82, 2.24) is 5.32 Å². The van der Waals surface area contributed by atoms with E-state index in [1.807, 2.05) is 52.8 Å². The molecular formula is C16H26N2O3S. The lowest BCUT2D eigenvalue weighted by atomic mass is 10.1. The molecule has 0 saturated carbocycles. The lowest BCUT2D eigenvalue weighted by Crippen LogP contribution is -2.42. The smallest absolute Gasteiger partial charge is 0.232 e. The first-order chi connectivity index (χ1) is 9.88. The van der Waals surface area contributed by atoms with Crippen LogP contribution in [0.15, 0.2) is 18.2 Å². The molecule has 0 bridgehead atoms. The number of benzene rings is 1. The second-order valence-corrected chi connectivity index (χ2v) is 8.64. The van der Waals surface area contributed by atoms with Gasteiger partial charge in [0.15, 0.2) is 0 Å². The van der Waals surface area contributed by atoms with Crippen molar-refractivity contribution in [2.75, 3.05) is 17.1 Å². The summed E-state index contributed by atoms with van der Waals surface area (Å²) in [6.07, 6.45) is 1.28. The molecule has 1 aromatic rings. The number of sulfonamides is 1. The lowest BCUT2D eigenvalue weighted by Gasteiger charge is -2.25. The van der Waals surface area contributed by atoms with Crippen LogP contribution in [0, 0.1) is 13.8 Å². The molecule has 0 atom stereocenters. The van der Waals surface area contributed by atoms with E-state index < -0.39 is 10.0 Å². The van der Waals surface area contributed by atoms with Crippen molar-refractivity contribution in [2.24, 2.45) is 0 Å². The fraction of sp³-hybridized carbons (Fsp3) is 0.562. The van der Waals surface area contributed by atoms with Crippen LogP contribution in [0.3, 0.4) is 0 Å². The molecule has 5 nitrogen and oxygen atoms in total. The molecule has 0 saturated heterocycles. The molecule has 1 N–H and O–H groups in total. The van der Waals surface area contributed by atoms with Gasteiger partial charge in [0, 0.05) is 18.5 Å². The maximum atomic E-state index is 12.0. The van der Waals surface area contributed by atoms with Gasteiger partial charge in [0.2, 0.25) is 15.9 Å². The number of rotatable bonds is 5. The fourth-order valence-electron chi connectivity index (χ4n) is 2.26. The van der Waals surface area contributed by atoms with E-state index in [2.05, 4.69) is 5.32 Å². The summed E-state index contributed by atoms with van der Waals surface area (Å²) < 4.78 is 25.4. The number of hydrogen-bond acceptors (Lipinski definition) is 3. The first kappa shape index (κ1) is 18.5. The predicted octanol–water partition coefficient (Wildman–Crippen LogP) is 2.37. The summed E-state index contributed by atoms with van der Waals surface area (Å²) in [6.45, 7) is 9.64. The van der Waals surface area contributed by atoms with Crippen LogP contribution in [-0.4, -0.2) is 32.7 Å². The Kier molecular flexibility index (Phi) is 5.62. The minimum Gasteiger partial charge on any atom is -0.351 e. The van der Waals surface area contributed by atoms with Gasteiger partial charge in [-0.05, 0) is 57.9 Å². The van der Waals surface area contributed by atoms with Gasteiger partial charge in [-0.3, -0.25) is 9.10 Å². The highest BCUT2D eigenvalue weighted by Crippen LogP contribution is 2.21. The molecule has 124 valence electrons. The quantitative estimate of drug-likeness (QED) is 0.903. The van der Waals surface area contributed by atoms with Gasteiger partial charge in [0.1, 0.15) is 0 Å². The van der Waals surface area contributed by atoms with E-state index in [4.69, 9.17) is 0 Å². The highest BCUT2D eigenvalue weighted by Gasteiger charge is 2.20. The Morgan fingerprint density at radius 1 is 1.14 bits per heavy atom. The van der Waals surface area contributed by atoms with Crippen molar-refractivity contribution < 1.29 is 13.2 Å². The molecule has 0 spiro atoms. The zero-order chi connectivity index (χ0) is 17.1. The van der Waals surface area contributed by atoms with Crippen molar-refractivity contribution >= 4 is 21.6 Å². The van der Waals surface area contributed by atoms with E-state index in [-0.39, 0.29) is 24.4 Å². The molecule has 6 heteroatoms. The Balaban J connectivity index is 2.94. The van der Waals surface area contributed by atoms with E-state index in [9.17, 15) is 13.2 Å². The number of nitrogens with one attached hydrogen (secondary N) is 1. The molecule has 0 aromatic heterocycles. The average Bonchev–Trinajstić information content (AvgIpc) is 2.22. The van der Waals surface area contributed by atoms with Crippen LogP contribution in [0.4, 0.5) is 5.69 Å². The fourth-order valence-corrected chi connectivity index (χ4v) is 3.18. The molecule has 1 amide bonds. The highest BCUT2D eigenvalue weighted by atomic mass is 32.2. The van der Waals surface area contributed by atoms with Crippen molar-refractivity contribution in [3.05, 3.63) is 29.3 Å². The summed E-state index contributed by atoms with van der Waals surface area (Å²) in [4.78, 5) is 11.9. The third-order valence-electron chi connectivity index (χ3n) is 2.95. The van der Waals surface area contributed by atoms with Gasteiger partial charge in [0.05, 0.1) is 11.9 Å². The SMILES string of the molecule is Cc1cc(C)cc(N(CCC(=O)NC(C)(C)C)S(C)(=O)=O)c1. The minimum absolute atomic E-state index is 0.122. The molecule has 0 radical (unpaired) electrons. The van der Waals surface area contributed by atoms with Gasteiger partial charge in [-0.15, -0.1) is 0 Å². The van der Waals surface area contributed by atoms with E-state index in [0.717, 1.165) is 17.4 Å². The van der Waals surface area contributed by atoms with Crippen molar-refractivity contribution in [3.8, 4) is 0 Å². The number of carbonyl (C=O) groups excluding carboxylic acids is 1. The number of nitrogens with zero attached hydrogens (tertiary/aromatic N) is 1. The number of amides is 1. The van der Waals surface area contributed by atoms with Gasteiger partial charge < -0.3 is 5.32 Å². The van der Waals surface area contributed by atoms with E-state index in [1.165, 1.54) is 4.31 Å². The Labute approximate surface area is 133 Å². The van der Waals surface area contributed by atoms with Gasteiger partial charge in [-0.2, -0.15) is 0 Å². The Morgan fingerprint density at radius 2 is 1.64 bits per heavy atom. The Morgan fingerprint density at radius 3 is 2.05 bits per heavy atom. The van der Waals surface area contributed by atoms with Crippen molar-refractivity contribution in [2.45, 2.75) is 46.6 Å². The summed E-state index contributed by atoms with van der Waals surface area (Å²) in [7, 11) is -3.44. The Hall–Kier alpha value is -1.56. The summed E-state index contributed by atoms with van der Waals surface area (Å²) in [5, 5.41) is 2.84.